The molecule has 4 nitrogen and oxygen atoms in total. The number of rotatable bonds is 3. The lowest BCUT2D eigenvalue weighted by Gasteiger charge is -2.06. The van der Waals surface area contributed by atoms with Crippen molar-refractivity contribution in [1.82, 2.24) is 9.78 Å². The Labute approximate surface area is 133 Å². The first kappa shape index (κ1) is 14.4. The van der Waals surface area contributed by atoms with Gasteiger partial charge >= 0.3 is 0 Å². The molecule has 5 heteroatoms. The number of aryl methyl sites for hydroxylation is 1. The van der Waals surface area contributed by atoms with Crippen LogP contribution in [0.15, 0.2) is 54.7 Å². The number of halogens is 1. The van der Waals surface area contributed by atoms with Crippen LogP contribution in [0, 0.1) is 6.92 Å². The summed E-state index contributed by atoms with van der Waals surface area (Å²) in [4.78, 5) is 12.6. The lowest BCUT2D eigenvalue weighted by molar-refractivity contribution is 0.103. The molecule has 0 aliphatic rings. The second-order valence-corrected chi connectivity index (χ2v) is 5.41. The molecule has 0 fully saturated rings. The lowest BCUT2D eigenvalue weighted by atomic mass is 10.1. The molecule has 0 aliphatic heterocycles. The zero-order chi connectivity index (χ0) is 15.7. The Morgan fingerprint density at radius 2 is 1.77 bits per heavy atom. The average molecular weight is 312 g/mol. The summed E-state index contributed by atoms with van der Waals surface area (Å²) in [5.41, 5.74) is 8.80. The Bertz CT molecular complexity index is 837. The van der Waals surface area contributed by atoms with E-state index in [0.29, 0.717) is 22.0 Å². The van der Waals surface area contributed by atoms with Crippen LogP contribution in [0.5, 0.6) is 0 Å². The largest absolute Gasteiger partial charge is 0.383 e. The highest BCUT2D eigenvalue weighted by molar-refractivity contribution is 6.35. The molecule has 1 aromatic heterocycles. The van der Waals surface area contributed by atoms with Crippen LogP contribution in [0.2, 0.25) is 5.02 Å². The van der Waals surface area contributed by atoms with Gasteiger partial charge in [-0.2, -0.15) is 5.10 Å². The molecule has 0 bridgehead atoms. The molecule has 0 spiro atoms. The van der Waals surface area contributed by atoms with Crippen LogP contribution >= 0.6 is 11.6 Å². The summed E-state index contributed by atoms with van der Waals surface area (Å²) < 4.78 is 1.55. The molecule has 0 saturated carbocycles. The highest BCUT2D eigenvalue weighted by atomic mass is 35.5. The van der Waals surface area contributed by atoms with Crippen LogP contribution in [-0.2, 0) is 0 Å². The minimum absolute atomic E-state index is 0.235. The normalized spacial score (nSPS) is 10.6. The van der Waals surface area contributed by atoms with Crippen LogP contribution in [-0.4, -0.2) is 15.6 Å². The number of anilines is 1. The molecule has 110 valence electrons. The quantitative estimate of drug-likeness (QED) is 0.751. The van der Waals surface area contributed by atoms with Gasteiger partial charge in [0.25, 0.3) is 0 Å². The van der Waals surface area contributed by atoms with Crippen molar-refractivity contribution in [3.05, 3.63) is 76.4 Å². The maximum Gasteiger partial charge on any atom is 0.199 e. The lowest BCUT2D eigenvalue weighted by Crippen LogP contribution is -2.07. The second-order valence-electron chi connectivity index (χ2n) is 5.00. The van der Waals surface area contributed by atoms with Crippen LogP contribution in [0.4, 0.5) is 5.82 Å². The maximum atomic E-state index is 12.6. The number of hydrogen-bond donors (Lipinski definition) is 1. The van der Waals surface area contributed by atoms with Crippen molar-refractivity contribution in [2.75, 3.05) is 5.73 Å². The fraction of sp³-hybridized carbons (Fsp3) is 0.0588. The predicted molar refractivity (Wildman–Crippen MR) is 87.6 cm³/mol. The number of aromatic nitrogens is 2. The third-order valence-electron chi connectivity index (χ3n) is 3.45. The molecule has 0 amide bonds. The third-order valence-corrected chi connectivity index (χ3v) is 3.78. The van der Waals surface area contributed by atoms with Crippen molar-refractivity contribution < 1.29 is 4.79 Å². The first-order valence-electron chi connectivity index (χ1n) is 6.77. The molecule has 2 aromatic carbocycles. The van der Waals surface area contributed by atoms with E-state index in [1.165, 1.54) is 6.20 Å². The fourth-order valence-corrected chi connectivity index (χ4v) is 2.44. The zero-order valence-corrected chi connectivity index (χ0v) is 12.7. The first-order valence-corrected chi connectivity index (χ1v) is 7.15. The van der Waals surface area contributed by atoms with E-state index < -0.39 is 0 Å². The van der Waals surface area contributed by atoms with Gasteiger partial charge in [0.2, 0.25) is 0 Å². The molecular formula is C17H14ClN3O. The molecule has 0 unspecified atom stereocenters. The van der Waals surface area contributed by atoms with Crippen molar-refractivity contribution in [2.24, 2.45) is 0 Å². The molecule has 22 heavy (non-hydrogen) atoms. The highest BCUT2D eigenvalue weighted by Gasteiger charge is 2.19. The van der Waals surface area contributed by atoms with E-state index in [1.807, 2.05) is 31.2 Å². The molecule has 1 heterocycles. The summed E-state index contributed by atoms with van der Waals surface area (Å²) in [5, 5.41) is 4.62. The van der Waals surface area contributed by atoms with Gasteiger partial charge in [-0.25, -0.2) is 4.68 Å². The second kappa shape index (κ2) is 5.66. The summed E-state index contributed by atoms with van der Waals surface area (Å²) in [7, 11) is 0. The van der Waals surface area contributed by atoms with E-state index in [-0.39, 0.29) is 5.78 Å². The van der Waals surface area contributed by atoms with Gasteiger partial charge in [-0.3, -0.25) is 4.79 Å². The summed E-state index contributed by atoms with van der Waals surface area (Å²) in [6.07, 6.45) is 1.47. The van der Waals surface area contributed by atoms with Gasteiger partial charge in [-0.15, -0.1) is 0 Å². The van der Waals surface area contributed by atoms with Gasteiger partial charge in [0.15, 0.2) is 5.78 Å². The smallest absolute Gasteiger partial charge is 0.199 e. The van der Waals surface area contributed by atoms with Gasteiger partial charge < -0.3 is 5.73 Å². The fourth-order valence-electron chi connectivity index (χ4n) is 2.22. The van der Waals surface area contributed by atoms with Gasteiger partial charge in [-0.05, 0) is 31.2 Å². The summed E-state index contributed by atoms with van der Waals surface area (Å²) in [5.74, 6) is 0.0650. The number of ketones is 1. The van der Waals surface area contributed by atoms with Crippen molar-refractivity contribution in [1.29, 1.82) is 0 Å². The number of nitrogens with two attached hydrogens (primary N) is 1. The van der Waals surface area contributed by atoms with Gasteiger partial charge in [0, 0.05) is 5.56 Å². The molecule has 3 aromatic rings. The highest BCUT2D eigenvalue weighted by Crippen LogP contribution is 2.24. The number of hydrogen-bond acceptors (Lipinski definition) is 3. The van der Waals surface area contributed by atoms with E-state index in [0.717, 1.165) is 11.3 Å². The summed E-state index contributed by atoms with van der Waals surface area (Å²) in [6, 6.07) is 14.6. The number of nitrogens with zero attached hydrogens (tertiary/aromatic N) is 2. The topological polar surface area (TPSA) is 60.9 Å². The van der Waals surface area contributed by atoms with Crippen LogP contribution in [0.1, 0.15) is 21.5 Å². The molecule has 3 rings (SSSR count). The van der Waals surface area contributed by atoms with Crippen molar-refractivity contribution >= 4 is 23.2 Å². The molecule has 0 saturated heterocycles. The Hall–Kier alpha value is -2.59. The molecule has 0 atom stereocenters. The van der Waals surface area contributed by atoms with E-state index in [1.54, 1.807) is 28.9 Å². The van der Waals surface area contributed by atoms with Gasteiger partial charge in [0.05, 0.1) is 22.5 Å². The average Bonchev–Trinajstić information content (AvgIpc) is 2.90. The molecule has 2 N–H and O–H groups in total. The number of carbonyl (C=O) groups excluding carboxylic acids is 1. The Kier molecular flexibility index (Phi) is 3.69. The third kappa shape index (κ3) is 2.49. The monoisotopic (exact) mass is 311 g/mol. The van der Waals surface area contributed by atoms with E-state index >= 15 is 0 Å². The van der Waals surface area contributed by atoms with Crippen molar-refractivity contribution in [2.45, 2.75) is 6.92 Å². The van der Waals surface area contributed by atoms with Gasteiger partial charge in [-0.1, -0.05) is 41.4 Å². The number of benzene rings is 2. The first-order chi connectivity index (χ1) is 10.6. The molecule has 0 radical (unpaired) electrons. The number of nitrogen functional groups attached to an aromatic ring is 1. The predicted octanol–water partition coefficient (Wildman–Crippen LogP) is 3.65. The van der Waals surface area contributed by atoms with Gasteiger partial charge in [0.1, 0.15) is 5.82 Å². The van der Waals surface area contributed by atoms with E-state index in [4.69, 9.17) is 17.3 Å². The van der Waals surface area contributed by atoms with Crippen molar-refractivity contribution in [3.8, 4) is 5.69 Å². The summed E-state index contributed by atoms with van der Waals surface area (Å²) in [6.45, 7) is 2.00. The minimum atomic E-state index is -0.235. The van der Waals surface area contributed by atoms with Crippen LogP contribution < -0.4 is 5.73 Å². The zero-order valence-electron chi connectivity index (χ0n) is 12.0. The van der Waals surface area contributed by atoms with Crippen molar-refractivity contribution in [3.63, 3.8) is 0 Å². The Morgan fingerprint density at radius 3 is 2.45 bits per heavy atom. The standard InChI is InChI=1S/C17H14ClN3O/c1-11-6-8-12(9-7-11)21-17(19)14(10-20-21)16(22)13-4-2-3-5-15(13)18/h2-10H,19H2,1H3. The van der Waals surface area contributed by atoms with Crippen LogP contribution in [0.25, 0.3) is 5.69 Å². The SMILES string of the molecule is Cc1ccc(-n2ncc(C(=O)c3ccccc3Cl)c2N)cc1. The Morgan fingerprint density at radius 1 is 1.09 bits per heavy atom. The number of carbonyl (C=O) groups is 1. The van der Waals surface area contributed by atoms with E-state index in [2.05, 4.69) is 5.10 Å². The molecule has 0 aliphatic carbocycles. The molecular weight excluding hydrogens is 298 g/mol. The summed E-state index contributed by atoms with van der Waals surface area (Å²) >= 11 is 6.07. The van der Waals surface area contributed by atoms with E-state index in [9.17, 15) is 4.79 Å². The minimum Gasteiger partial charge on any atom is -0.383 e. The van der Waals surface area contributed by atoms with Crippen LogP contribution in [0.3, 0.4) is 0 Å². The Balaban J connectivity index is 2.02. The maximum absolute atomic E-state index is 12.6.